The number of carbonyl (C=O) groups is 1. The summed E-state index contributed by atoms with van der Waals surface area (Å²) in [6.45, 7) is 11.1. The first-order chi connectivity index (χ1) is 16.3. The quantitative estimate of drug-likeness (QED) is 0.500. The second kappa shape index (κ2) is 8.65. The molecule has 0 bridgehead atoms. The standard InChI is InChI=1S/C24H30BN3O6S/c1-8-35(30,31)28-18-12-19-16(11-17(18)25-33-23(3,4)24(5,6)34-25)20(22(29)26-7)21(32-19)15-10-9-14(2)27-13-15/h9-13,28H,8H2,1-7H3,(H,26,29). The average Bonchev–Trinajstić information content (AvgIpc) is 3.25. The number of pyridine rings is 1. The Bertz CT molecular complexity index is 1380. The van der Waals surface area contributed by atoms with Crippen LogP contribution in [0, 0.1) is 6.92 Å². The molecular weight excluding hydrogens is 469 g/mol. The van der Waals surface area contributed by atoms with Crippen LogP contribution in [-0.2, 0) is 19.3 Å². The maximum Gasteiger partial charge on any atom is 0.497 e. The highest BCUT2D eigenvalue weighted by molar-refractivity contribution is 7.92. The predicted molar refractivity (Wildman–Crippen MR) is 136 cm³/mol. The third-order valence-corrected chi connectivity index (χ3v) is 7.93. The summed E-state index contributed by atoms with van der Waals surface area (Å²) in [6, 6.07) is 6.92. The number of hydrogen-bond acceptors (Lipinski definition) is 7. The van der Waals surface area contributed by atoms with Crippen molar-refractivity contribution >= 4 is 45.2 Å². The number of carbonyl (C=O) groups excluding carboxylic acids is 1. The van der Waals surface area contributed by atoms with Gasteiger partial charge in [-0.15, -0.1) is 0 Å². The maximum absolute atomic E-state index is 13.0. The molecule has 1 aliphatic rings. The van der Waals surface area contributed by atoms with Gasteiger partial charge in [-0.1, -0.05) is 0 Å². The average molecular weight is 499 g/mol. The van der Waals surface area contributed by atoms with Crippen molar-refractivity contribution in [2.45, 2.75) is 52.7 Å². The van der Waals surface area contributed by atoms with E-state index in [4.69, 9.17) is 13.7 Å². The van der Waals surface area contributed by atoms with Gasteiger partial charge in [0.2, 0.25) is 10.0 Å². The summed E-state index contributed by atoms with van der Waals surface area (Å²) >= 11 is 0. The van der Waals surface area contributed by atoms with Gasteiger partial charge in [0.15, 0.2) is 0 Å². The maximum atomic E-state index is 13.0. The molecule has 0 aliphatic carbocycles. The van der Waals surface area contributed by atoms with Crippen molar-refractivity contribution in [1.82, 2.24) is 10.3 Å². The zero-order valence-corrected chi connectivity index (χ0v) is 21.8. The molecule has 35 heavy (non-hydrogen) atoms. The Hall–Kier alpha value is -2.89. The van der Waals surface area contributed by atoms with E-state index in [0.29, 0.717) is 33.3 Å². The number of sulfonamides is 1. The number of rotatable bonds is 6. The van der Waals surface area contributed by atoms with E-state index in [1.165, 1.54) is 7.05 Å². The Morgan fingerprint density at radius 1 is 1.11 bits per heavy atom. The van der Waals surface area contributed by atoms with Crippen molar-refractivity contribution in [2.75, 3.05) is 17.5 Å². The van der Waals surface area contributed by atoms with Gasteiger partial charge >= 0.3 is 7.12 Å². The van der Waals surface area contributed by atoms with Crippen molar-refractivity contribution < 1.29 is 26.9 Å². The van der Waals surface area contributed by atoms with Crippen LogP contribution in [0.2, 0.25) is 0 Å². The number of benzene rings is 1. The van der Waals surface area contributed by atoms with Crippen molar-refractivity contribution in [2.24, 2.45) is 0 Å². The van der Waals surface area contributed by atoms with Crippen LogP contribution >= 0.6 is 0 Å². The predicted octanol–water partition coefficient (Wildman–Crippen LogP) is 3.22. The normalized spacial score (nSPS) is 17.1. The fraction of sp³-hybridized carbons (Fsp3) is 0.417. The molecule has 3 aromatic rings. The number of anilines is 1. The van der Waals surface area contributed by atoms with Crippen LogP contribution < -0.4 is 15.5 Å². The molecule has 0 atom stereocenters. The summed E-state index contributed by atoms with van der Waals surface area (Å²) in [4.78, 5) is 17.3. The van der Waals surface area contributed by atoms with Crippen LogP contribution in [0.15, 0.2) is 34.9 Å². The minimum Gasteiger partial charge on any atom is -0.455 e. The van der Waals surface area contributed by atoms with Crippen LogP contribution in [0.3, 0.4) is 0 Å². The summed E-state index contributed by atoms with van der Waals surface area (Å²) in [7, 11) is -2.95. The molecule has 1 fully saturated rings. The summed E-state index contributed by atoms with van der Waals surface area (Å²) < 4.78 is 46.2. The molecule has 2 N–H and O–H groups in total. The topological polar surface area (TPSA) is 120 Å². The largest absolute Gasteiger partial charge is 0.497 e. The second-order valence-corrected chi connectivity index (χ2v) is 11.6. The second-order valence-electron chi connectivity index (χ2n) is 9.60. The molecule has 9 nitrogen and oxygen atoms in total. The molecule has 0 spiro atoms. The van der Waals surface area contributed by atoms with Gasteiger partial charge in [-0.3, -0.25) is 14.5 Å². The molecular formula is C24H30BN3O6S. The molecule has 1 aliphatic heterocycles. The molecule has 0 saturated carbocycles. The highest BCUT2D eigenvalue weighted by Crippen LogP contribution is 2.39. The van der Waals surface area contributed by atoms with E-state index in [-0.39, 0.29) is 17.3 Å². The molecule has 3 heterocycles. The lowest BCUT2D eigenvalue weighted by molar-refractivity contribution is 0.00578. The van der Waals surface area contributed by atoms with E-state index >= 15 is 0 Å². The van der Waals surface area contributed by atoms with Gasteiger partial charge in [0.1, 0.15) is 11.3 Å². The lowest BCUT2D eigenvalue weighted by atomic mass is 9.77. The number of aromatic nitrogens is 1. The number of aryl methyl sites for hydroxylation is 1. The molecule has 0 radical (unpaired) electrons. The minimum absolute atomic E-state index is 0.115. The number of furan rings is 1. The zero-order chi connectivity index (χ0) is 25.8. The first kappa shape index (κ1) is 25.2. The van der Waals surface area contributed by atoms with Crippen LogP contribution in [-0.4, -0.2) is 50.4 Å². The highest BCUT2D eigenvalue weighted by atomic mass is 32.2. The Morgan fingerprint density at radius 2 is 1.77 bits per heavy atom. The van der Waals surface area contributed by atoms with Crippen molar-refractivity contribution in [3.8, 4) is 11.3 Å². The first-order valence-corrected chi connectivity index (χ1v) is 13.1. The third kappa shape index (κ3) is 4.55. The summed E-state index contributed by atoms with van der Waals surface area (Å²) in [6.07, 6.45) is 1.63. The molecule has 0 unspecified atom stereocenters. The summed E-state index contributed by atoms with van der Waals surface area (Å²) in [5.41, 5.74) is 1.53. The van der Waals surface area contributed by atoms with Crippen LogP contribution in [0.1, 0.15) is 50.7 Å². The van der Waals surface area contributed by atoms with Crippen molar-refractivity contribution in [1.29, 1.82) is 0 Å². The SMILES string of the molecule is CCS(=O)(=O)Nc1cc2oc(-c3ccc(C)nc3)c(C(=O)NC)c2cc1B1OC(C)(C)C(C)(C)O1. The van der Waals surface area contributed by atoms with Crippen LogP contribution in [0.25, 0.3) is 22.3 Å². The Morgan fingerprint density at radius 3 is 2.31 bits per heavy atom. The third-order valence-electron chi connectivity index (χ3n) is 6.64. The Labute approximate surface area is 205 Å². The van der Waals surface area contributed by atoms with Gasteiger partial charge in [0, 0.05) is 41.4 Å². The first-order valence-electron chi connectivity index (χ1n) is 11.4. The van der Waals surface area contributed by atoms with Gasteiger partial charge in [-0.05, 0) is 59.7 Å². The van der Waals surface area contributed by atoms with Gasteiger partial charge in [0.25, 0.3) is 5.91 Å². The smallest absolute Gasteiger partial charge is 0.455 e. The zero-order valence-electron chi connectivity index (χ0n) is 21.0. The van der Waals surface area contributed by atoms with Gasteiger partial charge in [0.05, 0.1) is 28.2 Å². The number of hydrogen-bond donors (Lipinski definition) is 2. The Kier molecular flexibility index (Phi) is 6.23. The summed E-state index contributed by atoms with van der Waals surface area (Å²) in [5.74, 6) is -0.126. The number of nitrogens with zero attached hydrogens (tertiary/aromatic N) is 1. The Balaban J connectivity index is 1.98. The molecule has 1 amide bonds. The van der Waals surface area contributed by atoms with Crippen molar-refractivity contribution in [3.05, 3.63) is 41.7 Å². The number of fused-ring (bicyclic) bond motifs is 1. The molecule has 11 heteroatoms. The summed E-state index contributed by atoms with van der Waals surface area (Å²) in [5, 5.41) is 3.17. The number of nitrogens with one attached hydrogen (secondary N) is 2. The van der Waals surface area contributed by atoms with E-state index in [0.717, 1.165) is 5.69 Å². The monoisotopic (exact) mass is 499 g/mol. The highest BCUT2D eigenvalue weighted by Gasteiger charge is 2.52. The van der Waals surface area contributed by atoms with Gasteiger partial charge < -0.3 is 19.0 Å². The van der Waals surface area contributed by atoms with Crippen LogP contribution in [0.4, 0.5) is 5.69 Å². The lowest BCUT2D eigenvalue weighted by Crippen LogP contribution is -2.41. The number of amides is 1. The van der Waals surface area contributed by atoms with Gasteiger partial charge in [-0.25, -0.2) is 8.42 Å². The van der Waals surface area contributed by atoms with Crippen molar-refractivity contribution in [3.63, 3.8) is 0 Å². The van der Waals surface area contributed by atoms with E-state index in [1.54, 1.807) is 25.3 Å². The van der Waals surface area contributed by atoms with E-state index in [2.05, 4.69) is 15.0 Å². The molecule has 4 rings (SSSR count). The van der Waals surface area contributed by atoms with Crippen LogP contribution in [0.5, 0.6) is 0 Å². The fourth-order valence-corrected chi connectivity index (χ4v) is 4.46. The lowest BCUT2D eigenvalue weighted by Gasteiger charge is -2.32. The van der Waals surface area contributed by atoms with Gasteiger partial charge in [-0.2, -0.15) is 0 Å². The van der Waals surface area contributed by atoms with E-state index in [1.807, 2.05) is 46.8 Å². The molecule has 2 aromatic heterocycles. The van der Waals surface area contributed by atoms with E-state index in [9.17, 15) is 13.2 Å². The molecule has 186 valence electrons. The molecule has 1 aromatic carbocycles. The fourth-order valence-electron chi connectivity index (χ4n) is 3.81. The molecule has 1 saturated heterocycles. The van der Waals surface area contributed by atoms with E-state index < -0.39 is 28.3 Å². The minimum atomic E-state index is -3.62.